The highest BCUT2D eigenvalue weighted by Gasteiger charge is 2.30. The van der Waals surface area contributed by atoms with Crippen LogP contribution >= 0.6 is 0 Å². The highest BCUT2D eigenvalue weighted by Crippen LogP contribution is 2.44. The molecule has 3 rings (SSSR count). The second-order valence-electron chi connectivity index (χ2n) is 9.30. The van der Waals surface area contributed by atoms with Gasteiger partial charge in [-0.25, -0.2) is 9.59 Å². The van der Waals surface area contributed by atoms with Crippen LogP contribution in [0.3, 0.4) is 0 Å². The normalized spacial score (nSPS) is 13.4. The number of nitrogens with one attached hydrogen (secondary N) is 2. The number of hydrogen-bond donors (Lipinski definition) is 3. The lowest BCUT2D eigenvalue weighted by atomic mass is 9.98. The third kappa shape index (κ3) is 6.57. The van der Waals surface area contributed by atoms with Crippen LogP contribution in [-0.2, 0) is 14.3 Å². The van der Waals surface area contributed by atoms with E-state index in [2.05, 4.69) is 22.8 Å². The fourth-order valence-electron chi connectivity index (χ4n) is 4.04. The molecule has 3 amide bonds. The molecule has 0 bridgehead atoms. The molecular formula is C26H33N3O5. The molecule has 182 valence electrons. The highest BCUT2D eigenvalue weighted by atomic mass is 16.6. The number of amides is 3. The second kappa shape index (κ2) is 11.2. The fourth-order valence-corrected chi connectivity index (χ4v) is 4.04. The van der Waals surface area contributed by atoms with Gasteiger partial charge in [-0.1, -0.05) is 48.5 Å². The zero-order chi connectivity index (χ0) is 24.7. The molecule has 0 heterocycles. The van der Waals surface area contributed by atoms with Crippen molar-refractivity contribution in [3.8, 4) is 11.1 Å². The topological polar surface area (TPSA) is 120 Å². The molecule has 4 N–H and O–H groups in total. The van der Waals surface area contributed by atoms with Gasteiger partial charge in [0.2, 0.25) is 0 Å². The van der Waals surface area contributed by atoms with Gasteiger partial charge in [0, 0.05) is 5.92 Å². The average Bonchev–Trinajstić information content (AvgIpc) is 3.09. The summed E-state index contributed by atoms with van der Waals surface area (Å²) in [5.41, 5.74) is 9.25. The van der Waals surface area contributed by atoms with E-state index in [1.54, 1.807) is 20.8 Å². The summed E-state index contributed by atoms with van der Waals surface area (Å²) in [5.74, 6) is -0.746. The fraction of sp³-hybridized carbons (Fsp3) is 0.423. The standard InChI is InChI=1S/C26H33N3O5/c1-26(2,3)34-25(32)29-23(30)22(14-8-9-15-27)28-24(31)33-16-21-19-12-6-4-10-17(19)18-11-5-7-13-20(18)21/h4-7,10-13,21-22H,8-9,14-16,27H2,1-3H3,(H,28,31)(H,29,30,32)/t22-/m0/s1. The Kier molecular flexibility index (Phi) is 8.28. The van der Waals surface area contributed by atoms with Crippen LogP contribution in [0.25, 0.3) is 11.1 Å². The summed E-state index contributed by atoms with van der Waals surface area (Å²) in [6, 6.07) is 15.1. The molecular weight excluding hydrogens is 434 g/mol. The number of alkyl carbamates (subject to hydrolysis) is 2. The summed E-state index contributed by atoms with van der Waals surface area (Å²) in [7, 11) is 0. The minimum atomic E-state index is -0.949. The first-order valence-corrected chi connectivity index (χ1v) is 11.5. The van der Waals surface area contributed by atoms with Crippen molar-refractivity contribution in [3.63, 3.8) is 0 Å². The molecule has 0 saturated carbocycles. The van der Waals surface area contributed by atoms with Crippen LogP contribution < -0.4 is 16.4 Å². The number of carbonyl (C=O) groups is 3. The summed E-state index contributed by atoms with van der Waals surface area (Å²) >= 11 is 0. The van der Waals surface area contributed by atoms with Crippen molar-refractivity contribution in [2.45, 2.75) is 57.6 Å². The molecule has 2 aromatic carbocycles. The summed E-state index contributed by atoms with van der Waals surface area (Å²) < 4.78 is 10.7. The van der Waals surface area contributed by atoms with Crippen molar-refractivity contribution < 1.29 is 23.9 Å². The second-order valence-corrected chi connectivity index (χ2v) is 9.30. The van der Waals surface area contributed by atoms with E-state index in [4.69, 9.17) is 15.2 Å². The minimum absolute atomic E-state index is 0.0931. The Bertz CT molecular complexity index is 986. The maximum absolute atomic E-state index is 12.6. The van der Waals surface area contributed by atoms with Crippen LogP contribution in [0.2, 0.25) is 0 Å². The Morgan fingerprint density at radius 1 is 0.941 bits per heavy atom. The van der Waals surface area contributed by atoms with Crippen molar-refractivity contribution in [1.29, 1.82) is 0 Å². The third-order valence-corrected chi connectivity index (χ3v) is 5.52. The van der Waals surface area contributed by atoms with Gasteiger partial charge in [0.05, 0.1) is 0 Å². The molecule has 1 aliphatic rings. The van der Waals surface area contributed by atoms with E-state index >= 15 is 0 Å². The highest BCUT2D eigenvalue weighted by molar-refractivity contribution is 5.96. The van der Waals surface area contributed by atoms with Crippen molar-refractivity contribution in [2.75, 3.05) is 13.2 Å². The lowest BCUT2D eigenvalue weighted by Crippen LogP contribution is -2.49. The maximum atomic E-state index is 12.6. The SMILES string of the molecule is CC(C)(C)OC(=O)NC(=O)[C@H](CCCCN)NC(=O)OCC1c2ccccc2-c2ccccc21. The van der Waals surface area contributed by atoms with Crippen LogP contribution in [0.4, 0.5) is 9.59 Å². The predicted octanol–water partition coefficient (Wildman–Crippen LogP) is 4.07. The Labute approximate surface area is 200 Å². The molecule has 8 nitrogen and oxygen atoms in total. The lowest BCUT2D eigenvalue weighted by molar-refractivity contribution is -0.122. The van der Waals surface area contributed by atoms with Crippen molar-refractivity contribution in [3.05, 3.63) is 59.7 Å². The van der Waals surface area contributed by atoms with E-state index in [1.807, 2.05) is 36.4 Å². The average molecular weight is 468 g/mol. The molecule has 0 fully saturated rings. The first-order chi connectivity index (χ1) is 16.2. The minimum Gasteiger partial charge on any atom is -0.449 e. The maximum Gasteiger partial charge on any atom is 0.414 e. The Hall–Kier alpha value is -3.39. The van der Waals surface area contributed by atoms with Gasteiger partial charge < -0.3 is 20.5 Å². The number of ether oxygens (including phenoxy) is 2. The molecule has 8 heteroatoms. The first-order valence-electron chi connectivity index (χ1n) is 11.5. The zero-order valence-corrected chi connectivity index (χ0v) is 19.9. The van der Waals surface area contributed by atoms with Crippen molar-refractivity contribution >= 4 is 18.1 Å². The molecule has 0 saturated heterocycles. The van der Waals surface area contributed by atoms with Crippen LogP contribution in [0.1, 0.15) is 57.1 Å². The lowest BCUT2D eigenvalue weighted by Gasteiger charge is -2.22. The Morgan fingerprint density at radius 2 is 1.53 bits per heavy atom. The van der Waals surface area contributed by atoms with E-state index in [-0.39, 0.29) is 12.5 Å². The summed E-state index contributed by atoms with van der Waals surface area (Å²) in [6.45, 7) is 5.69. The molecule has 34 heavy (non-hydrogen) atoms. The molecule has 0 unspecified atom stereocenters. The number of unbranched alkanes of at least 4 members (excludes halogenated alkanes) is 1. The van der Waals surface area contributed by atoms with Crippen LogP contribution in [0.5, 0.6) is 0 Å². The van der Waals surface area contributed by atoms with E-state index in [0.717, 1.165) is 22.3 Å². The van der Waals surface area contributed by atoms with Gasteiger partial charge in [-0.05, 0) is 68.8 Å². The van der Waals surface area contributed by atoms with E-state index in [9.17, 15) is 14.4 Å². The van der Waals surface area contributed by atoms with Gasteiger partial charge >= 0.3 is 12.2 Å². The van der Waals surface area contributed by atoms with Gasteiger partial charge in [-0.15, -0.1) is 0 Å². The number of nitrogens with two attached hydrogens (primary N) is 1. The van der Waals surface area contributed by atoms with Crippen molar-refractivity contribution in [2.24, 2.45) is 5.73 Å². The van der Waals surface area contributed by atoms with Crippen LogP contribution in [-0.4, -0.2) is 42.9 Å². The molecule has 0 aromatic heterocycles. The largest absolute Gasteiger partial charge is 0.449 e. The molecule has 1 aliphatic carbocycles. The smallest absolute Gasteiger partial charge is 0.414 e. The van der Waals surface area contributed by atoms with Gasteiger partial charge in [0.25, 0.3) is 5.91 Å². The third-order valence-electron chi connectivity index (χ3n) is 5.52. The van der Waals surface area contributed by atoms with Crippen LogP contribution in [0.15, 0.2) is 48.5 Å². The number of imide groups is 1. The summed E-state index contributed by atoms with van der Waals surface area (Å²) in [6.07, 6.45) is 0.0140. The Morgan fingerprint density at radius 3 is 2.09 bits per heavy atom. The molecule has 0 radical (unpaired) electrons. The number of hydrogen-bond acceptors (Lipinski definition) is 6. The number of rotatable bonds is 8. The molecule has 0 spiro atoms. The number of carbonyl (C=O) groups excluding carboxylic acids is 3. The van der Waals surface area contributed by atoms with Crippen molar-refractivity contribution in [1.82, 2.24) is 10.6 Å². The quantitative estimate of drug-likeness (QED) is 0.504. The summed E-state index contributed by atoms with van der Waals surface area (Å²) in [5, 5.41) is 4.78. The number of fused-ring (bicyclic) bond motifs is 3. The van der Waals surface area contributed by atoms with Crippen LogP contribution in [0, 0.1) is 0 Å². The van der Waals surface area contributed by atoms with Gasteiger partial charge in [-0.2, -0.15) is 0 Å². The van der Waals surface area contributed by atoms with E-state index < -0.39 is 29.7 Å². The van der Waals surface area contributed by atoms with Gasteiger partial charge in [0.15, 0.2) is 0 Å². The monoisotopic (exact) mass is 467 g/mol. The van der Waals surface area contributed by atoms with Gasteiger partial charge in [-0.3, -0.25) is 10.1 Å². The molecule has 0 aliphatic heterocycles. The van der Waals surface area contributed by atoms with E-state index in [1.165, 1.54) is 0 Å². The summed E-state index contributed by atoms with van der Waals surface area (Å²) in [4.78, 5) is 37.3. The first kappa shape index (κ1) is 25.2. The predicted molar refractivity (Wildman–Crippen MR) is 129 cm³/mol. The Balaban J connectivity index is 1.63. The van der Waals surface area contributed by atoms with E-state index in [0.29, 0.717) is 25.8 Å². The zero-order valence-electron chi connectivity index (χ0n) is 19.9. The molecule has 2 aromatic rings. The van der Waals surface area contributed by atoms with Gasteiger partial charge in [0.1, 0.15) is 18.2 Å². The number of benzene rings is 2. The molecule has 1 atom stereocenters.